The number of likely N-dealkylation sites (N-methyl/N-ethyl adjacent to an activating group) is 1. The van der Waals surface area contributed by atoms with E-state index >= 15 is 0 Å². The molecular formula is C10H13Cl2NO3S. The molecule has 0 radical (unpaired) electrons. The Bertz CT molecular complexity index is 464. The number of rotatable bonds is 6. The monoisotopic (exact) mass is 297 g/mol. The van der Waals surface area contributed by atoms with Crippen LogP contribution in [0.25, 0.3) is 0 Å². The van der Waals surface area contributed by atoms with Crippen LogP contribution < -0.4 is 4.74 Å². The second kappa shape index (κ2) is 6.44. The van der Waals surface area contributed by atoms with E-state index in [1.807, 2.05) is 0 Å². The summed E-state index contributed by atoms with van der Waals surface area (Å²) in [6.45, 7) is 0.441. The van der Waals surface area contributed by atoms with Crippen molar-refractivity contribution in [2.24, 2.45) is 0 Å². The van der Waals surface area contributed by atoms with Crippen molar-refractivity contribution in [3.63, 3.8) is 0 Å². The van der Waals surface area contributed by atoms with Crippen LogP contribution in [-0.4, -0.2) is 38.1 Å². The Morgan fingerprint density at radius 2 is 2.00 bits per heavy atom. The van der Waals surface area contributed by atoms with Crippen LogP contribution in [0.3, 0.4) is 0 Å². The van der Waals surface area contributed by atoms with Crippen LogP contribution in [-0.2, 0) is 10.0 Å². The molecule has 0 spiro atoms. The minimum atomic E-state index is -3.38. The van der Waals surface area contributed by atoms with Crippen LogP contribution in [0.2, 0.25) is 5.02 Å². The highest BCUT2D eigenvalue weighted by atomic mass is 35.5. The number of hydrogen-bond acceptors (Lipinski definition) is 3. The minimum Gasteiger partial charge on any atom is -0.491 e. The molecule has 0 bridgehead atoms. The molecule has 0 aliphatic rings. The first-order valence-electron chi connectivity index (χ1n) is 4.84. The molecule has 96 valence electrons. The van der Waals surface area contributed by atoms with Gasteiger partial charge in [0.2, 0.25) is 10.0 Å². The number of halogens is 2. The molecule has 1 rings (SSSR count). The van der Waals surface area contributed by atoms with Crippen LogP contribution in [0, 0.1) is 0 Å². The lowest BCUT2D eigenvalue weighted by atomic mass is 10.3. The molecule has 0 unspecified atom stereocenters. The molecule has 0 aliphatic carbocycles. The number of ether oxygens (including phenoxy) is 1. The van der Waals surface area contributed by atoms with Gasteiger partial charge in [0, 0.05) is 13.6 Å². The van der Waals surface area contributed by atoms with E-state index in [-0.39, 0.29) is 13.2 Å². The maximum atomic E-state index is 11.3. The van der Waals surface area contributed by atoms with Gasteiger partial charge in [-0.25, -0.2) is 12.7 Å². The summed E-state index contributed by atoms with van der Waals surface area (Å²) in [5.74, 6) is 0.533. The Balaban J connectivity index is 2.47. The molecule has 0 heterocycles. The summed E-state index contributed by atoms with van der Waals surface area (Å²) in [5, 5.41) is 0.0608. The Hall–Kier alpha value is -0.490. The highest BCUT2D eigenvalue weighted by Gasteiger charge is 2.15. The molecule has 0 fully saturated rings. The van der Waals surface area contributed by atoms with Crippen molar-refractivity contribution in [2.45, 2.75) is 0 Å². The van der Waals surface area contributed by atoms with Crippen molar-refractivity contribution in [2.75, 3.05) is 25.4 Å². The van der Waals surface area contributed by atoms with Crippen LogP contribution in [0.4, 0.5) is 0 Å². The molecule has 7 heteroatoms. The molecule has 0 saturated carbocycles. The molecule has 0 atom stereocenters. The van der Waals surface area contributed by atoms with E-state index in [0.717, 1.165) is 4.31 Å². The Morgan fingerprint density at radius 1 is 1.35 bits per heavy atom. The van der Waals surface area contributed by atoms with Crippen LogP contribution in [0.5, 0.6) is 5.75 Å². The third kappa shape index (κ3) is 4.35. The Kier molecular flexibility index (Phi) is 5.52. The molecule has 1 aromatic carbocycles. The zero-order valence-corrected chi connectivity index (χ0v) is 11.6. The first-order valence-corrected chi connectivity index (χ1v) is 7.37. The second-order valence-electron chi connectivity index (χ2n) is 3.32. The predicted molar refractivity (Wildman–Crippen MR) is 69.2 cm³/mol. The standard InChI is InChI=1S/C10H13Cl2NO3S/c1-13(17(14,15)8-11)6-7-16-10-5-3-2-4-9(10)12/h2-5H,6-8H2,1H3. The molecule has 4 nitrogen and oxygen atoms in total. The average molecular weight is 298 g/mol. The highest BCUT2D eigenvalue weighted by Crippen LogP contribution is 2.22. The third-order valence-corrected chi connectivity index (χ3v) is 4.66. The third-order valence-electron chi connectivity index (χ3n) is 2.11. The molecule has 0 N–H and O–H groups in total. The van der Waals surface area contributed by atoms with Gasteiger partial charge in [-0.15, -0.1) is 11.6 Å². The summed E-state index contributed by atoms with van der Waals surface area (Å²) in [7, 11) is -1.92. The van der Waals surface area contributed by atoms with Gasteiger partial charge in [0.1, 0.15) is 17.6 Å². The quantitative estimate of drug-likeness (QED) is 0.756. The van der Waals surface area contributed by atoms with Gasteiger partial charge in [0.05, 0.1) is 5.02 Å². The van der Waals surface area contributed by atoms with Crippen molar-refractivity contribution in [1.29, 1.82) is 0 Å². The lowest BCUT2D eigenvalue weighted by Gasteiger charge is -2.15. The van der Waals surface area contributed by atoms with Gasteiger partial charge >= 0.3 is 0 Å². The molecule has 0 aromatic heterocycles. The first kappa shape index (κ1) is 14.6. The predicted octanol–water partition coefficient (Wildman–Crippen LogP) is 2.18. The summed E-state index contributed by atoms with van der Waals surface area (Å²) in [6.07, 6.45) is 0. The van der Waals surface area contributed by atoms with E-state index in [4.69, 9.17) is 27.9 Å². The average Bonchev–Trinajstić information content (AvgIpc) is 2.31. The fourth-order valence-electron chi connectivity index (χ4n) is 1.07. The van der Waals surface area contributed by atoms with Crippen LogP contribution in [0.1, 0.15) is 0 Å². The summed E-state index contributed by atoms with van der Waals surface area (Å²) >= 11 is 11.2. The fourth-order valence-corrected chi connectivity index (χ4v) is 2.28. The summed E-state index contributed by atoms with van der Waals surface area (Å²) in [5.41, 5.74) is 0. The lowest BCUT2D eigenvalue weighted by Crippen LogP contribution is -2.31. The molecular weight excluding hydrogens is 285 g/mol. The topological polar surface area (TPSA) is 46.6 Å². The zero-order valence-electron chi connectivity index (χ0n) is 9.27. The van der Waals surface area contributed by atoms with Gasteiger partial charge in [-0.05, 0) is 12.1 Å². The van der Waals surface area contributed by atoms with Crippen LogP contribution in [0.15, 0.2) is 24.3 Å². The molecule has 17 heavy (non-hydrogen) atoms. The maximum absolute atomic E-state index is 11.3. The van der Waals surface area contributed by atoms with Crippen molar-refractivity contribution >= 4 is 33.2 Å². The summed E-state index contributed by atoms with van der Waals surface area (Å²) in [4.78, 5) is 0. The van der Waals surface area contributed by atoms with Crippen molar-refractivity contribution in [3.05, 3.63) is 29.3 Å². The minimum absolute atomic E-state index is 0.219. The molecule has 0 aliphatic heterocycles. The van der Waals surface area contributed by atoms with E-state index in [0.29, 0.717) is 10.8 Å². The van der Waals surface area contributed by atoms with Crippen LogP contribution >= 0.6 is 23.2 Å². The number of benzene rings is 1. The molecule has 1 aromatic rings. The van der Waals surface area contributed by atoms with Crippen molar-refractivity contribution in [1.82, 2.24) is 4.31 Å². The Morgan fingerprint density at radius 3 is 2.59 bits per heavy atom. The maximum Gasteiger partial charge on any atom is 0.228 e. The molecule has 0 amide bonds. The van der Waals surface area contributed by atoms with Gasteiger partial charge in [-0.1, -0.05) is 23.7 Å². The van der Waals surface area contributed by atoms with Gasteiger partial charge in [0.25, 0.3) is 0 Å². The molecule has 0 saturated heterocycles. The number of para-hydroxylation sites is 1. The fraction of sp³-hybridized carbons (Fsp3) is 0.400. The largest absolute Gasteiger partial charge is 0.491 e. The second-order valence-corrected chi connectivity index (χ2v) is 6.39. The Labute approximate surface area is 111 Å². The smallest absolute Gasteiger partial charge is 0.228 e. The number of nitrogens with zero attached hydrogens (tertiary/aromatic N) is 1. The summed E-state index contributed by atoms with van der Waals surface area (Å²) < 4.78 is 29.2. The van der Waals surface area contributed by atoms with E-state index < -0.39 is 15.2 Å². The number of hydrogen-bond donors (Lipinski definition) is 0. The normalized spacial score (nSPS) is 11.8. The first-order chi connectivity index (χ1) is 7.97. The van der Waals surface area contributed by atoms with Crippen molar-refractivity contribution < 1.29 is 13.2 Å². The van der Waals surface area contributed by atoms with E-state index in [1.165, 1.54) is 7.05 Å². The van der Waals surface area contributed by atoms with E-state index in [1.54, 1.807) is 24.3 Å². The van der Waals surface area contributed by atoms with Gasteiger partial charge in [-0.2, -0.15) is 0 Å². The number of alkyl halides is 1. The van der Waals surface area contributed by atoms with Gasteiger partial charge < -0.3 is 4.74 Å². The number of sulfonamides is 1. The lowest BCUT2D eigenvalue weighted by molar-refractivity contribution is 0.287. The summed E-state index contributed by atoms with van der Waals surface area (Å²) in [6, 6.07) is 7.01. The highest BCUT2D eigenvalue weighted by molar-refractivity contribution is 7.90. The SMILES string of the molecule is CN(CCOc1ccccc1Cl)S(=O)(=O)CCl. The van der Waals surface area contributed by atoms with E-state index in [2.05, 4.69) is 0 Å². The van der Waals surface area contributed by atoms with Gasteiger partial charge in [0.15, 0.2) is 0 Å². The van der Waals surface area contributed by atoms with Crippen molar-refractivity contribution in [3.8, 4) is 5.75 Å². The zero-order chi connectivity index (χ0) is 12.9. The van der Waals surface area contributed by atoms with E-state index in [9.17, 15) is 8.42 Å². The van der Waals surface area contributed by atoms with Gasteiger partial charge in [-0.3, -0.25) is 0 Å².